The quantitative estimate of drug-likeness (QED) is 0.145. The standard InChI is InChI=1S/C56H36Br2N4/c57-46-16-10-14-38(31-46)54-26-24-40(33-59-54)48-18-4-6-20-50(48)42-28-43(51-21-7-5-19-49(51)41-25-27-55(60-34-41)39-15-11-17-47(58)32-39)30-44(29-42)52-22-8-9-23-53(52)45-35-61-56(62-36-45)37-12-2-1-3-13-37/h1-36H. The number of aromatic nitrogens is 4. The van der Waals surface area contributed by atoms with E-state index in [9.17, 15) is 0 Å². The van der Waals surface area contributed by atoms with E-state index in [2.05, 4.69) is 171 Å². The first-order chi connectivity index (χ1) is 30.5. The molecule has 7 aromatic carbocycles. The molecular formula is C56H36Br2N4. The Bertz CT molecular complexity index is 3030. The van der Waals surface area contributed by atoms with Gasteiger partial charge >= 0.3 is 0 Å². The van der Waals surface area contributed by atoms with Crippen molar-refractivity contribution in [2.75, 3.05) is 0 Å². The van der Waals surface area contributed by atoms with E-state index in [4.69, 9.17) is 19.9 Å². The van der Waals surface area contributed by atoms with Crippen LogP contribution in [0.15, 0.2) is 228 Å². The SMILES string of the molecule is Brc1cccc(-c2ccc(-c3ccccc3-c3cc(-c4ccccc4-c4ccc(-c5cccc(Br)c5)nc4)cc(-c4ccccc4-c4cnc(-c5ccccc5)nc4)c3)cn2)c1. The summed E-state index contributed by atoms with van der Waals surface area (Å²) in [5, 5.41) is 0. The van der Waals surface area contributed by atoms with Crippen LogP contribution in [0.4, 0.5) is 0 Å². The Balaban J connectivity index is 1.11. The fraction of sp³-hybridized carbons (Fsp3) is 0. The van der Waals surface area contributed by atoms with Gasteiger partial charge in [-0.05, 0) is 105 Å². The zero-order chi connectivity index (χ0) is 41.8. The van der Waals surface area contributed by atoms with Crippen LogP contribution in [0.25, 0.3) is 101 Å². The molecule has 0 bridgehead atoms. The van der Waals surface area contributed by atoms with Crippen LogP contribution in [-0.2, 0) is 0 Å². The minimum absolute atomic E-state index is 0.697. The summed E-state index contributed by atoms with van der Waals surface area (Å²) in [4.78, 5) is 19.5. The summed E-state index contributed by atoms with van der Waals surface area (Å²) >= 11 is 7.23. The van der Waals surface area contributed by atoms with Gasteiger partial charge in [0.25, 0.3) is 0 Å². The summed E-state index contributed by atoms with van der Waals surface area (Å²) in [6, 6.07) is 67.8. The maximum absolute atomic E-state index is 4.94. The number of hydrogen-bond donors (Lipinski definition) is 0. The van der Waals surface area contributed by atoms with Crippen molar-refractivity contribution in [1.82, 2.24) is 19.9 Å². The van der Waals surface area contributed by atoms with E-state index in [1.54, 1.807) is 0 Å². The molecule has 0 aliphatic rings. The molecule has 10 aromatic rings. The van der Waals surface area contributed by atoms with E-state index in [1.165, 1.54) is 0 Å². The van der Waals surface area contributed by atoms with Crippen molar-refractivity contribution in [3.8, 4) is 101 Å². The number of hydrogen-bond acceptors (Lipinski definition) is 4. The van der Waals surface area contributed by atoms with Crippen LogP contribution in [0, 0.1) is 0 Å². The highest BCUT2D eigenvalue weighted by Gasteiger charge is 2.17. The smallest absolute Gasteiger partial charge is 0.159 e. The predicted octanol–water partition coefficient (Wildman–Crippen LogP) is 15.8. The average Bonchev–Trinajstić information content (AvgIpc) is 3.34. The first kappa shape index (κ1) is 39.0. The number of rotatable bonds is 9. The highest BCUT2D eigenvalue weighted by Crippen LogP contribution is 2.42. The maximum atomic E-state index is 4.94. The summed E-state index contributed by atoms with van der Waals surface area (Å²) in [7, 11) is 0. The lowest BCUT2D eigenvalue weighted by molar-refractivity contribution is 1.18. The average molecular weight is 925 g/mol. The maximum Gasteiger partial charge on any atom is 0.159 e. The van der Waals surface area contributed by atoms with Gasteiger partial charge in [-0.25, -0.2) is 9.97 Å². The third-order valence-electron chi connectivity index (χ3n) is 11.0. The number of nitrogens with zero attached hydrogens (tertiary/aromatic N) is 4. The van der Waals surface area contributed by atoms with Crippen LogP contribution < -0.4 is 0 Å². The van der Waals surface area contributed by atoms with E-state index >= 15 is 0 Å². The van der Waals surface area contributed by atoms with Gasteiger partial charge < -0.3 is 0 Å². The van der Waals surface area contributed by atoms with Gasteiger partial charge in [-0.1, -0.05) is 171 Å². The van der Waals surface area contributed by atoms with Crippen molar-refractivity contribution in [1.29, 1.82) is 0 Å². The number of pyridine rings is 2. The summed E-state index contributed by atoms with van der Waals surface area (Å²) in [6.07, 6.45) is 7.82. The van der Waals surface area contributed by atoms with Gasteiger partial charge in [0.05, 0.1) is 11.4 Å². The normalized spacial score (nSPS) is 11.1. The van der Waals surface area contributed by atoms with Crippen molar-refractivity contribution in [2.24, 2.45) is 0 Å². The Morgan fingerprint density at radius 2 is 0.597 bits per heavy atom. The first-order valence-electron chi connectivity index (χ1n) is 20.3. The second-order valence-electron chi connectivity index (χ2n) is 15.0. The molecule has 10 rings (SSSR count). The zero-order valence-electron chi connectivity index (χ0n) is 33.3. The van der Waals surface area contributed by atoms with E-state index in [1.807, 2.05) is 79.4 Å². The molecule has 0 aliphatic carbocycles. The van der Waals surface area contributed by atoms with Gasteiger partial charge in [0, 0.05) is 67.1 Å². The molecule has 0 N–H and O–H groups in total. The second-order valence-corrected chi connectivity index (χ2v) is 16.8. The molecular weight excluding hydrogens is 888 g/mol. The van der Waals surface area contributed by atoms with Gasteiger partial charge in [0.15, 0.2) is 5.82 Å². The molecule has 0 radical (unpaired) electrons. The summed E-state index contributed by atoms with van der Waals surface area (Å²) in [5.41, 5.74) is 17.8. The molecule has 4 nitrogen and oxygen atoms in total. The zero-order valence-corrected chi connectivity index (χ0v) is 36.5. The fourth-order valence-corrected chi connectivity index (χ4v) is 8.80. The van der Waals surface area contributed by atoms with Crippen LogP contribution in [0.5, 0.6) is 0 Å². The highest BCUT2D eigenvalue weighted by molar-refractivity contribution is 9.10. The van der Waals surface area contributed by atoms with Crippen LogP contribution in [-0.4, -0.2) is 19.9 Å². The van der Waals surface area contributed by atoms with Crippen LogP contribution >= 0.6 is 31.9 Å². The van der Waals surface area contributed by atoms with Crippen LogP contribution in [0.1, 0.15) is 0 Å². The molecule has 0 saturated heterocycles. The Hall–Kier alpha value is -7.12. The summed E-state index contributed by atoms with van der Waals surface area (Å²) < 4.78 is 2.05. The summed E-state index contributed by atoms with van der Waals surface area (Å²) in [6.45, 7) is 0. The molecule has 294 valence electrons. The Morgan fingerprint density at radius 3 is 0.984 bits per heavy atom. The van der Waals surface area contributed by atoms with Crippen molar-refractivity contribution >= 4 is 31.9 Å². The molecule has 62 heavy (non-hydrogen) atoms. The molecule has 3 heterocycles. The molecule has 0 saturated carbocycles. The van der Waals surface area contributed by atoms with Crippen molar-refractivity contribution in [2.45, 2.75) is 0 Å². The second kappa shape index (κ2) is 17.5. The molecule has 0 aliphatic heterocycles. The Kier molecular flexibility index (Phi) is 11.0. The highest BCUT2D eigenvalue weighted by atomic mass is 79.9. The number of benzene rings is 7. The predicted molar refractivity (Wildman–Crippen MR) is 262 cm³/mol. The largest absolute Gasteiger partial charge is 0.256 e. The first-order valence-corrected chi connectivity index (χ1v) is 21.9. The van der Waals surface area contributed by atoms with E-state index in [0.29, 0.717) is 5.82 Å². The minimum atomic E-state index is 0.697. The van der Waals surface area contributed by atoms with Crippen molar-refractivity contribution in [3.05, 3.63) is 228 Å². The van der Waals surface area contributed by atoms with Gasteiger partial charge in [-0.15, -0.1) is 0 Å². The lowest BCUT2D eigenvalue weighted by Gasteiger charge is -2.18. The molecule has 0 unspecified atom stereocenters. The van der Waals surface area contributed by atoms with Crippen molar-refractivity contribution < 1.29 is 0 Å². The minimum Gasteiger partial charge on any atom is -0.256 e. The molecule has 0 spiro atoms. The van der Waals surface area contributed by atoms with E-state index in [-0.39, 0.29) is 0 Å². The van der Waals surface area contributed by atoms with E-state index < -0.39 is 0 Å². The van der Waals surface area contributed by atoms with Gasteiger partial charge in [-0.3, -0.25) is 9.97 Å². The third-order valence-corrected chi connectivity index (χ3v) is 12.0. The van der Waals surface area contributed by atoms with Gasteiger partial charge in [-0.2, -0.15) is 0 Å². The van der Waals surface area contributed by atoms with Crippen LogP contribution in [0.3, 0.4) is 0 Å². The molecule has 6 heteroatoms. The molecule has 0 fully saturated rings. The van der Waals surface area contributed by atoms with Gasteiger partial charge in [0.2, 0.25) is 0 Å². The third kappa shape index (κ3) is 8.18. The molecule has 0 amide bonds. The van der Waals surface area contributed by atoms with Crippen LogP contribution in [0.2, 0.25) is 0 Å². The molecule has 0 atom stereocenters. The lowest BCUT2D eigenvalue weighted by atomic mass is 9.86. The Labute approximate surface area is 378 Å². The van der Waals surface area contributed by atoms with Gasteiger partial charge in [0.1, 0.15) is 0 Å². The van der Waals surface area contributed by atoms with E-state index in [0.717, 1.165) is 104 Å². The fourth-order valence-electron chi connectivity index (χ4n) is 8.00. The Morgan fingerprint density at radius 1 is 0.242 bits per heavy atom. The molecule has 3 aromatic heterocycles. The summed E-state index contributed by atoms with van der Waals surface area (Å²) in [5.74, 6) is 0.697. The monoisotopic (exact) mass is 922 g/mol. The topological polar surface area (TPSA) is 51.6 Å². The lowest BCUT2D eigenvalue weighted by Crippen LogP contribution is -1.94. The number of halogens is 2. The van der Waals surface area contributed by atoms with Crippen molar-refractivity contribution in [3.63, 3.8) is 0 Å².